The average molecular weight is 479 g/mol. The van der Waals surface area contributed by atoms with Crippen LogP contribution in [0, 0.1) is 0 Å². The molecule has 0 fully saturated rings. The van der Waals surface area contributed by atoms with Gasteiger partial charge in [-0.25, -0.2) is 8.42 Å². The van der Waals surface area contributed by atoms with E-state index in [1.807, 2.05) is 6.07 Å². The van der Waals surface area contributed by atoms with Crippen LogP contribution in [0.2, 0.25) is 10.0 Å². The number of anilines is 1. The van der Waals surface area contributed by atoms with Crippen LogP contribution in [-0.2, 0) is 21.4 Å². The Bertz CT molecular complexity index is 1150. The Morgan fingerprint density at radius 2 is 1.68 bits per heavy atom. The van der Waals surface area contributed by atoms with Crippen molar-refractivity contribution in [1.82, 2.24) is 4.31 Å². The minimum absolute atomic E-state index is 0.0248. The van der Waals surface area contributed by atoms with E-state index >= 15 is 0 Å². The predicted octanol–water partition coefficient (Wildman–Crippen LogP) is 4.83. The maximum atomic E-state index is 13.3. The lowest BCUT2D eigenvalue weighted by Crippen LogP contribution is -2.37. The summed E-state index contributed by atoms with van der Waals surface area (Å²) in [7, 11) is -2.47. The highest BCUT2D eigenvalue weighted by Gasteiger charge is 2.27. The summed E-state index contributed by atoms with van der Waals surface area (Å²) in [5.41, 5.74) is 1.09. The van der Waals surface area contributed by atoms with Crippen LogP contribution in [0.15, 0.2) is 77.7 Å². The number of carbonyl (C=O) groups is 1. The van der Waals surface area contributed by atoms with E-state index in [0.29, 0.717) is 16.5 Å². The van der Waals surface area contributed by atoms with Gasteiger partial charge in [0.2, 0.25) is 15.9 Å². The van der Waals surface area contributed by atoms with Crippen LogP contribution in [-0.4, -0.2) is 32.3 Å². The van der Waals surface area contributed by atoms with E-state index in [1.54, 1.807) is 48.5 Å². The molecule has 3 aromatic rings. The van der Waals surface area contributed by atoms with Gasteiger partial charge in [-0.05, 0) is 48.0 Å². The Hall–Kier alpha value is -2.58. The first-order chi connectivity index (χ1) is 14.8. The van der Waals surface area contributed by atoms with E-state index in [1.165, 1.54) is 25.3 Å². The fourth-order valence-electron chi connectivity index (χ4n) is 2.85. The Kier molecular flexibility index (Phi) is 7.56. The summed E-state index contributed by atoms with van der Waals surface area (Å²) >= 11 is 12.0. The Balaban J connectivity index is 1.87. The van der Waals surface area contributed by atoms with Crippen molar-refractivity contribution in [2.45, 2.75) is 11.4 Å². The van der Waals surface area contributed by atoms with Crippen LogP contribution in [0.1, 0.15) is 5.56 Å². The van der Waals surface area contributed by atoms with Crippen molar-refractivity contribution in [3.8, 4) is 5.75 Å². The molecule has 0 heterocycles. The zero-order chi connectivity index (χ0) is 22.4. The fourth-order valence-corrected chi connectivity index (χ4v) is 4.69. The zero-order valence-electron chi connectivity index (χ0n) is 16.6. The Morgan fingerprint density at radius 3 is 2.29 bits per heavy atom. The minimum Gasteiger partial charge on any atom is -0.497 e. The van der Waals surface area contributed by atoms with Crippen LogP contribution in [0.25, 0.3) is 0 Å². The standard InChI is InChI=1S/C22H20Cl2N2O4S/c1-30-18-8-10-19(11-9-18)31(28,29)26(14-16-5-3-2-4-6-16)15-22(27)25-21-12-7-17(23)13-20(21)24/h2-13H,14-15H2,1H3,(H,25,27). The molecule has 0 saturated heterocycles. The van der Waals surface area contributed by atoms with Crippen LogP contribution in [0.3, 0.4) is 0 Å². The van der Waals surface area contributed by atoms with Gasteiger partial charge in [-0.15, -0.1) is 0 Å². The summed E-state index contributed by atoms with van der Waals surface area (Å²) < 4.78 is 32.8. The van der Waals surface area contributed by atoms with Crippen molar-refractivity contribution in [3.05, 3.63) is 88.4 Å². The minimum atomic E-state index is -3.97. The first-order valence-corrected chi connectivity index (χ1v) is 11.4. The maximum Gasteiger partial charge on any atom is 0.243 e. The van der Waals surface area contributed by atoms with Gasteiger partial charge in [0.15, 0.2) is 0 Å². The molecule has 3 rings (SSSR count). The van der Waals surface area contributed by atoms with Gasteiger partial charge in [0.05, 0.1) is 29.3 Å². The molecule has 0 aromatic heterocycles. The number of amides is 1. The van der Waals surface area contributed by atoms with E-state index < -0.39 is 22.5 Å². The lowest BCUT2D eigenvalue weighted by Gasteiger charge is -2.22. The molecule has 0 unspecified atom stereocenters. The maximum absolute atomic E-state index is 13.3. The van der Waals surface area contributed by atoms with E-state index in [4.69, 9.17) is 27.9 Å². The molecule has 0 aliphatic carbocycles. The van der Waals surface area contributed by atoms with Crippen LogP contribution in [0.4, 0.5) is 5.69 Å². The third kappa shape index (κ3) is 5.98. The molecule has 1 N–H and O–H groups in total. The van der Waals surface area contributed by atoms with Crippen LogP contribution in [0.5, 0.6) is 5.75 Å². The number of sulfonamides is 1. The van der Waals surface area contributed by atoms with Crippen molar-refractivity contribution in [2.24, 2.45) is 0 Å². The molecule has 0 radical (unpaired) electrons. The summed E-state index contributed by atoms with van der Waals surface area (Å²) in [5.74, 6) is 0.000855. The number of rotatable bonds is 8. The largest absolute Gasteiger partial charge is 0.497 e. The number of benzene rings is 3. The van der Waals surface area contributed by atoms with E-state index in [2.05, 4.69) is 5.32 Å². The van der Waals surface area contributed by atoms with Crippen LogP contribution < -0.4 is 10.1 Å². The van der Waals surface area contributed by atoms with Crippen LogP contribution >= 0.6 is 23.2 Å². The Labute approximate surface area is 191 Å². The molecular formula is C22H20Cl2N2O4S. The summed E-state index contributed by atoms with van der Waals surface area (Å²) in [5, 5.41) is 3.32. The van der Waals surface area contributed by atoms with Gasteiger partial charge in [-0.2, -0.15) is 4.31 Å². The SMILES string of the molecule is COc1ccc(S(=O)(=O)N(CC(=O)Nc2ccc(Cl)cc2Cl)Cc2ccccc2)cc1. The molecule has 0 spiro atoms. The Morgan fingerprint density at radius 1 is 1.00 bits per heavy atom. The quantitative estimate of drug-likeness (QED) is 0.502. The number of halogens is 2. The van der Waals surface area contributed by atoms with Gasteiger partial charge in [0, 0.05) is 11.6 Å². The van der Waals surface area contributed by atoms with Crippen molar-refractivity contribution < 1.29 is 17.9 Å². The van der Waals surface area contributed by atoms with Gasteiger partial charge < -0.3 is 10.1 Å². The van der Waals surface area contributed by atoms with Crippen molar-refractivity contribution >= 4 is 44.8 Å². The van der Waals surface area contributed by atoms with E-state index in [0.717, 1.165) is 9.87 Å². The topological polar surface area (TPSA) is 75.7 Å². The second-order valence-corrected chi connectivity index (χ2v) is 9.39. The number of hydrogen-bond acceptors (Lipinski definition) is 4. The summed E-state index contributed by atoms with van der Waals surface area (Å²) in [6.45, 7) is -0.376. The first kappa shape index (κ1) is 23.1. The molecule has 31 heavy (non-hydrogen) atoms. The number of carbonyl (C=O) groups excluding carboxylic acids is 1. The molecule has 1 amide bonds. The van der Waals surface area contributed by atoms with Crippen molar-refractivity contribution in [1.29, 1.82) is 0 Å². The first-order valence-electron chi connectivity index (χ1n) is 9.22. The van der Waals surface area contributed by atoms with Gasteiger partial charge in [0.25, 0.3) is 0 Å². The summed E-state index contributed by atoms with van der Waals surface area (Å²) in [4.78, 5) is 12.8. The molecule has 0 saturated carbocycles. The highest BCUT2D eigenvalue weighted by molar-refractivity contribution is 7.89. The highest BCUT2D eigenvalue weighted by atomic mass is 35.5. The van der Waals surface area contributed by atoms with E-state index in [9.17, 15) is 13.2 Å². The summed E-state index contributed by atoms with van der Waals surface area (Å²) in [6.07, 6.45) is 0. The molecule has 6 nitrogen and oxygen atoms in total. The zero-order valence-corrected chi connectivity index (χ0v) is 18.9. The number of nitrogens with zero attached hydrogens (tertiary/aromatic N) is 1. The second-order valence-electron chi connectivity index (χ2n) is 6.61. The third-order valence-corrected chi connectivity index (χ3v) is 6.78. The number of hydrogen-bond donors (Lipinski definition) is 1. The number of methoxy groups -OCH3 is 1. The van der Waals surface area contributed by atoms with Gasteiger partial charge in [-0.1, -0.05) is 53.5 Å². The normalized spacial score (nSPS) is 11.4. The van der Waals surface area contributed by atoms with Crippen molar-refractivity contribution in [2.75, 3.05) is 19.0 Å². The monoisotopic (exact) mass is 478 g/mol. The van der Waals surface area contributed by atoms with Gasteiger partial charge in [0.1, 0.15) is 5.75 Å². The molecule has 3 aromatic carbocycles. The molecule has 0 aliphatic rings. The smallest absolute Gasteiger partial charge is 0.243 e. The fraction of sp³-hybridized carbons (Fsp3) is 0.136. The van der Waals surface area contributed by atoms with Crippen molar-refractivity contribution in [3.63, 3.8) is 0 Å². The number of nitrogens with one attached hydrogen (secondary N) is 1. The highest BCUT2D eigenvalue weighted by Crippen LogP contribution is 2.26. The third-order valence-electron chi connectivity index (χ3n) is 4.42. The van der Waals surface area contributed by atoms with Gasteiger partial charge in [-0.3, -0.25) is 4.79 Å². The summed E-state index contributed by atoms with van der Waals surface area (Å²) in [6, 6.07) is 19.7. The van der Waals surface area contributed by atoms with Gasteiger partial charge >= 0.3 is 0 Å². The lowest BCUT2D eigenvalue weighted by atomic mass is 10.2. The predicted molar refractivity (Wildman–Crippen MR) is 122 cm³/mol. The molecule has 0 bridgehead atoms. The second kappa shape index (κ2) is 10.2. The average Bonchev–Trinajstić information content (AvgIpc) is 2.76. The molecule has 9 heteroatoms. The molecule has 162 valence electrons. The molecular weight excluding hydrogens is 459 g/mol. The lowest BCUT2D eigenvalue weighted by molar-refractivity contribution is -0.116. The molecule has 0 atom stereocenters. The number of ether oxygens (including phenoxy) is 1. The van der Waals surface area contributed by atoms with E-state index in [-0.39, 0.29) is 16.5 Å². The molecule has 0 aliphatic heterocycles.